The molecule has 3 rings (SSSR count). The van der Waals surface area contributed by atoms with Gasteiger partial charge in [0.05, 0.1) is 13.3 Å². The van der Waals surface area contributed by atoms with Crippen molar-refractivity contribution in [1.29, 1.82) is 0 Å². The molecule has 1 aromatic carbocycles. The van der Waals surface area contributed by atoms with Crippen LogP contribution in [-0.4, -0.2) is 27.3 Å². The number of rotatable bonds is 3. The summed E-state index contributed by atoms with van der Waals surface area (Å²) in [6.45, 7) is 0. The lowest BCUT2D eigenvalue weighted by molar-refractivity contribution is 0.408. The minimum Gasteiger partial charge on any atom is -0.497 e. The molecule has 2 aromatic heterocycles. The van der Waals surface area contributed by atoms with Crippen molar-refractivity contribution in [2.45, 2.75) is 0 Å². The van der Waals surface area contributed by atoms with Crippen molar-refractivity contribution in [2.24, 2.45) is 0 Å². The molecule has 19 heavy (non-hydrogen) atoms. The lowest BCUT2D eigenvalue weighted by Gasteiger charge is -2.07. The fraction of sp³-hybridized carbons (Fsp3) is 0.0833. The summed E-state index contributed by atoms with van der Waals surface area (Å²) < 4.78 is 10.8. The maximum absolute atomic E-state index is 5.70. The molecule has 0 fully saturated rings. The van der Waals surface area contributed by atoms with Gasteiger partial charge >= 0.3 is 0 Å². The summed E-state index contributed by atoms with van der Waals surface area (Å²) in [5.41, 5.74) is 6.15. The second kappa shape index (κ2) is 4.45. The van der Waals surface area contributed by atoms with Crippen LogP contribution in [0.1, 0.15) is 0 Å². The zero-order valence-corrected chi connectivity index (χ0v) is 10.1. The molecule has 3 N–H and O–H groups in total. The molecule has 0 saturated heterocycles. The summed E-state index contributed by atoms with van der Waals surface area (Å²) >= 11 is 0. The van der Waals surface area contributed by atoms with E-state index in [4.69, 9.17) is 15.2 Å². The Kier molecular flexibility index (Phi) is 2.64. The first-order valence-corrected chi connectivity index (χ1v) is 5.55. The molecule has 0 saturated carbocycles. The van der Waals surface area contributed by atoms with E-state index in [0.717, 1.165) is 0 Å². The predicted molar refractivity (Wildman–Crippen MR) is 69.2 cm³/mol. The van der Waals surface area contributed by atoms with Crippen LogP contribution in [0.4, 0.5) is 5.95 Å². The number of aromatic amines is 1. The van der Waals surface area contributed by atoms with Gasteiger partial charge in [-0.1, -0.05) is 6.07 Å². The van der Waals surface area contributed by atoms with Crippen LogP contribution in [0.5, 0.6) is 17.4 Å². The van der Waals surface area contributed by atoms with E-state index < -0.39 is 0 Å². The molecule has 0 aliphatic rings. The summed E-state index contributed by atoms with van der Waals surface area (Å²) in [6, 6.07) is 7.21. The third-order valence-corrected chi connectivity index (χ3v) is 2.55. The maximum atomic E-state index is 5.70. The average molecular weight is 257 g/mol. The molecule has 0 aliphatic heterocycles. The van der Waals surface area contributed by atoms with Crippen LogP contribution in [-0.2, 0) is 0 Å². The Bertz CT molecular complexity index is 725. The number of ether oxygens (including phenoxy) is 2. The number of nitrogens with one attached hydrogen (secondary N) is 1. The molecule has 0 radical (unpaired) electrons. The largest absolute Gasteiger partial charge is 0.497 e. The van der Waals surface area contributed by atoms with Crippen LogP contribution in [0, 0.1) is 0 Å². The quantitative estimate of drug-likeness (QED) is 0.741. The highest BCUT2D eigenvalue weighted by atomic mass is 16.5. The number of hydrogen-bond acceptors (Lipinski definition) is 6. The molecule has 0 bridgehead atoms. The van der Waals surface area contributed by atoms with Crippen LogP contribution < -0.4 is 15.2 Å². The molecule has 3 aromatic rings. The van der Waals surface area contributed by atoms with Gasteiger partial charge in [-0.3, -0.25) is 5.10 Å². The van der Waals surface area contributed by atoms with Gasteiger partial charge in [0.1, 0.15) is 16.9 Å². The summed E-state index contributed by atoms with van der Waals surface area (Å²) in [5.74, 6) is 1.77. The van der Waals surface area contributed by atoms with Crippen molar-refractivity contribution in [1.82, 2.24) is 20.2 Å². The highest BCUT2D eigenvalue weighted by Gasteiger charge is 2.10. The molecule has 0 atom stereocenters. The number of nitrogens with two attached hydrogens (primary N) is 1. The monoisotopic (exact) mass is 257 g/mol. The normalized spacial score (nSPS) is 10.6. The second-order valence-corrected chi connectivity index (χ2v) is 3.80. The van der Waals surface area contributed by atoms with Gasteiger partial charge in [0.25, 0.3) is 0 Å². The molecule has 96 valence electrons. The lowest BCUT2D eigenvalue weighted by atomic mass is 10.3. The molecule has 7 nitrogen and oxygen atoms in total. The van der Waals surface area contributed by atoms with Crippen LogP contribution in [0.15, 0.2) is 30.5 Å². The highest BCUT2D eigenvalue weighted by molar-refractivity contribution is 5.80. The second-order valence-electron chi connectivity index (χ2n) is 3.80. The number of anilines is 1. The number of nitrogens with zero attached hydrogens (tertiary/aromatic N) is 3. The van der Waals surface area contributed by atoms with Gasteiger partial charge in [-0.2, -0.15) is 15.1 Å². The van der Waals surface area contributed by atoms with E-state index in [0.29, 0.717) is 28.4 Å². The molecule has 2 heterocycles. The maximum Gasteiger partial charge on any atom is 0.235 e. The first-order chi connectivity index (χ1) is 9.26. The van der Waals surface area contributed by atoms with Crippen LogP contribution in [0.3, 0.4) is 0 Å². The van der Waals surface area contributed by atoms with Gasteiger partial charge in [0.2, 0.25) is 11.8 Å². The van der Waals surface area contributed by atoms with Gasteiger partial charge in [0, 0.05) is 6.07 Å². The van der Waals surface area contributed by atoms with Crippen LogP contribution in [0.2, 0.25) is 0 Å². The minimum atomic E-state index is 0.120. The van der Waals surface area contributed by atoms with Crippen molar-refractivity contribution in [3.05, 3.63) is 30.5 Å². The number of nitrogen functional groups attached to an aromatic ring is 1. The molecule has 0 aliphatic carbocycles. The zero-order chi connectivity index (χ0) is 13.2. The predicted octanol–water partition coefficient (Wildman–Crippen LogP) is 1.74. The highest BCUT2D eigenvalue weighted by Crippen LogP contribution is 2.28. The average Bonchev–Trinajstić information content (AvgIpc) is 2.87. The number of benzene rings is 1. The third-order valence-electron chi connectivity index (χ3n) is 2.55. The van der Waals surface area contributed by atoms with Crippen LogP contribution in [0.25, 0.3) is 11.0 Å². The van der Waals surface area contributed by atoms with Gasteiger partial charge in [-0.05, 0) is 12.1 Å². The lowest BCUT2D eigenvalue weighted by Crippen LogP contribution is -1.98. The Morgan fingerprint density at radius 2 is 2.05 bits per heavy atom. The fourth-order valence-corrected chi connectivity index (χ4v) is 1.68. The molecular weight excluding hydrogens is 246 g/mol. The minimum absolute atomic E-state index is 0.120. The van der Waals surface area contributed by atoms with Gasteiger partial charge in [-0.15, -0.1) is 0 Å². The third kappa shape index (κ3) is 2.13. The van der Waals surface area contributed by atoms with E-state index in [1.807, 2.05) is 12.1 Å². The summed E-state index contributed by atoms with van der Waals surface area (Å²) in [4.78, 5) is 8.08. The molecular formula is C12H11N5O2. The zero-order valence-electron chi connectivity index (χ0n) is 10.1. The Morgan fingerprint density at radius 1 is 1.21 bits per heavy atom. The fourth-order valence-electron chi connectivity index (χ4n) is 1.68. The molecule has 7 heteroatoms. The Morgan fingerprint density at radius 3 is 2.89 bits per heavy atom. The number of methoxy groups -OCH3 is 1. The smallest absolute Gasteiger partial charge is 0.235 e. The standard InChI is InChI=1S/C12H11N5O2/c1-18-7-3-2-4-8(5-7)19-11-9-6-14-17-10(9)15-12(13)16-11/h2-6H,1H3,(H3,13,14,15,16,17). The van der Waals surface area contributed by atoms with Gasteiger partial charge in [0.15, 0.2) is 5.65 Å². The summed E-state index contributed by atoms with van der Waals surface area (Å²) in [6.07, 6.45) is 1.59. The number of H-pyrrole nitrogens is 1. The molecule has 0 amide bonds. The van der Waals surface area contributed by atoms with Crippen molar-refractivity contribution in [2.75, 3.05) is 12.8 Å². The molecule has 0 unspecified atom stereocenters. The van der Waals surface area contributed by atoms with Gasteiger partial charge in [-0.25, -0.2) is 0 Å². The number of aromatic nitrogens is 4. The van der Waals surface area contributed by atoms with Crippen molar-refractivity contribution in [3.63, 3.8) is 0 Å². The Balaban J connectivity index is 2.02. The van der Waals surface area contributed by atoms with Crippen molar-refractivity contribution >= 4 is 17.0 Å². The summed E-state index contributed by atoms with van der Waals surface area (Å²) in [7, 11) is 1.59. The van der Waals surface area contributed by atoms with E-state index in [1.54, 1.807) is 25.4 Å². The van der Waals surface area contributed by atoms with Crippen molar-refractivity contribution < 1.29 is 9.47 Å². The molecule has 0 spiro atoms. The first kappa shape index (κ1) is 11.3. The SMILES string of the molecule is COc1cccc(Oc2nc(N)nc3[nH]ncc23)c1. The van der Waals surface area contributed by atoms with Crippen LogP contribution >= 0.6 is 0 Å². The van der Waals surface area contributed by atoms with Crippen molar-refractivity contribution in [3.8, 4) is 17.4 Å². The summed E-state index contributed by atoms with van der Waals surface area (Å²) in [5, 5.41) is 7.28. The topological polar surface area (TPSA) is 98.9 Å². The Hall–Kier alpha value is -2.83. The Labute approximate surface area is 108 Å². The number of fused-ring (bicyclic) bond motifs is 1. The van der Waals surface area contributed by atoms with E-state index in [2.05, 4.69) is 20.2 Å². The van der Waals surface area contributed by atoms with E-state index in [9.17, 15) is 0 Å². The first-order valence-electron chi connectivity index (χ1n) is 5.55. The van der Waals surface area contributed by atoms with E-state index in [-0.39, 0.29) is 5.95 Å². The van der Waals surface area contributed by atoms with E-state index in [1.165, 1.54) is 0 Å². The van der Waals surface area contributed by atoms with E-state index >= 15 is 0 Å². The number of hydrogen-bond donors (Lipinski definition) is 2. The van der Waals surface area contributed by atoms with Gasteiger partial charge < -0.3 is 15.2 Å².